The molecule has 4 nitrogen and oxygen atoms in total. The summed E-state index contributed by atoms with van der Waals surface area (Å²) in [4.78, 5) is 0. The van der Waals surface area contributed by atoms with E-state index in [4.69, 9.17) is 9.47 Å². The second-order valence-electron chi connectivity index (χ2n) is 19.1. The van der Waals surface area contributed by atoms with E-state index >= 15 is 0 Å². The maximum absolute atomic E-state index is 11.1. The van der Waals surface area contributed by atoms with Crippen LogP contribution in [0.15, 0.2) is 243 Å². The van der Waals surface area contributed by atoms with Crippen molar-refractivity contribution in [3.63, 3.8) is 0 Å². The fourth-order valence-corrected chi connectivity index (χ4v) is 11.7. The van der Waals surface area contributed by atoms with Crippen LogP contribution >= 0.6 is 0 Å². The van der Waals surface area contributed by atoms with Crippen molar-refractivity contribution < 1.29 is 19.7 Å². The average molecular weight is 951 g/mol. The molecule has 0 aromatic heterocycles. The van der Waals surface area contributed by atoms with Crippen LogP contribution in [0.1, 0.15) is 11.1 Å². The first-order valence-corrected chi connectivity index (χ1v) is 25.2. The molecule has 0 spiro atoms. The van der Waals surface area contributed by atoms with E-state index < -0.39 is 0 Å². The molecule has 14 rings (SSSR count). The molecule has 4 heteroatoms. The highest BCUT2D eigenvalue weighted by molar-refractivity contribution is 6.18. The normalized spacial score (nSPS) is 11.8. The molecule has 0 heterocycles. The number of hydrogen-bond acceptors (Lipinski definition) is 4. The van der Waals surface area contributed by atoms with Gasteiger partial charge in [0.15, 0.2) is 0 Å². The summed E-state index contributed by atoms with van der Waals surface area (Å²) in [6.45, 7) is -0.273. The molecule has 14 aromatic rings. The van der Waals surface area contributed by atoms with Gasteiger partial charge in [0, 0.05) is 33.0 Å². The van der Waals surface area contributed by atoms with Crippen molar-refractivity contribution in [2.75, 3.05) is 0 Å². The van der Waals surface area contributed by atoms with E-state index in [0.29, 0.717) is 23.0 Å². The van der Waals surface area contributed by atoms with Crippen molar-refractivity contribution in [2.45, 2.75) is 13.2 Å². The van der Waals surface area contributed by atoms with Crippen LogP contribution in [0, 0.1) is 0 Å². The Morgan fingerprint density at radius 3 is 0.946 bits per heavy atom. The van der Waals surface area contributed by atoms with E-state index in [1.807, 2.05) is 24.3 Å². The maximum Gasteiger partial charge on any atom is 0.143 e. The number of ether oxygens (including phenoxy) is 2. The molecule has 74 heavy (non-hydrogen) atoms. The molecule has 0 aliphatic heterocycles. The number of rotatable bonds is 9. The third-order valence-corrected chi connectivity index (χ3v) is 15.1. The van der Waals surface area contributed by atoms with Gasteiger partial charge in [0.05, 0.1) is 13.2 Å². The van der Waals surface area contributed by atoms with Crippen molar-refractivity contribution in [3.05, 3.63) is 254 Å². The third-order valence-electron chi connectivity index (χ3n) is 15.1. The van der Waals surface area contributed by atoms with Crippen LogP contribution in [0.4, 0.5) is 0 Å². The summed E-state index contributed by atoms with van der Waals surface area (Å²) in [7, 11) is 0. The summed E-state index contributed by atoms with van der Waals surface area (Å²) in [6.07, 6.45) is 0. The van der Waals surface area contributed by atoms with Crippen LogP contribution < -0.4 is 9.47 Å². The van der Waals surface area contributed by atoms with Gasteiger partial charge in [0.2, 0.25) is 0 Å². The predicted octanol–water partition coefficient (Wildman–Crippen LogP) is 18.5. The second kappa shape index (κ2) is 17.8. The molecule has 350 valence electrons. The van der Waals surface area contributed by atoms with E-state index in [2.05, 4.69) is 218 Å². The molecule has 2 N–H and O–H groups in total. The second-order valence-corrected chi connectivity index (χ2v) is 19.1. The number of benzene rings is 14. The van der Waals surface area contributed by atoms with Crippen molar-refractivity contribution in [2.24, 2.45) is 0 Å². The lowest BCUT2D eigenvalue weighted by molar-refractivity contribution is 0.283. The van der Waals surface area contributed by atoms with E-state index in [0.717, 1.165) is 120 Å². The number of aliphatic hydroxyl groups excluding tert-OH is 2. The Kier molecular flexibility index (Phi) is 10.4. The molecule has 14 aromatic carbocycles. The zero-order valence-electron chi connectivity index (χ0n) is 40.2. The summed E-state index contributed by atoms with van der Waals surface area (Å²) >= 11 is 0. The number of fused-ring (bicyclic) bond motifs is 10. The minimum absolute atomic E-state index is 0.137. The number of aliphatic hydroxyl groups is 2. The fourth-order valence-electron chi connectivity index (χ4n) is 11.7. The quantitative estimate of drug-likeness (QED) is 0.142. The summed E-state index contributed by atoms with van der Waals surface area (Å²) in [6, 6.07) is 84.8. The zero-order valence-corrected chi connectivity index (χ0v) is 40.2. The van der Waals surface area contributed by atoms with Gasteiger partial charge in [-0.3, -0.25) is 0 Å². The highest BCUT2D eigenvalue weighted by Crippen LogP contribution is 2.53. The molecule has 0 amide bonds. The minimum atomic E-state index is -0.137. The van der Waals surface area contributed by atoms with Crippen LogP contribution in [0.2, 0.25) is 0 Å². The number of hydrogen-bond donors (Lipinski definition) is 2. The van der Waals surface area contributed by atoms with Gasteiger partial charge in [-0.25, -0.2) is 0 Å². The van der Waals surface area contributed by atoms with Crippen molar-refractivity contribution in [3.8, 4) is 56.4 Å². The molecule has 0 aliphatic carbocycles. The van der Waals surface area contributed by atoms with Crippen LogP contribution in [-0.4, -0.2) is 10.2 Å². The maximum atomic E-state index is 11.1. The van der Waals surface area contributed by atoms with Crippen LogP contribution in [0.5, 0.6) is 23.0 Å². The lowest BCUT2D eigenvalue weighted by Crippen LogP contribution is -1.99. The molecule has 0 fully saturated rings. The molecule has 0 saturated carbocycles. The largest absolute Gasteiger partial charge is 0.455 e. The fraction of sp³-hybridized carbons (Fsp3) is 0.0286. The molecule has 0 saturated heterocycles. The molecule has 0 aliphatic rings. The van der Waals surface area contributed by atoms with E-state index in [9.17, 15) is 10.2 Å². The minimum Gasteiger partial charge on any atom is -0.455 e. The molecule has 0 atom stereocenters. The molecular formula is C70H46O4. The van der Waals surface area contributed by atoms with Gasteiger partial charge in [-0.05, 0) is 134 Å². The Morgan fingerprint density at radius 1 is 0.243 bits per heavy atom. The molecule has 0 radical (unpaired) electrons. The standard InChI is InChI=1S/C70H46O4/c71-41-47-39-63(61-37-45-19-3-5-21-49(45)55-27-11-13-29-57(55)61)69(59-31-15-9-23-51(47)59)73-65-35-33-43-17-1-7-25-53(43)67(65)68-54-26-8-2-18-44(54)34-36-66(68)74-70-60-32-16-10-24-52(60)48(42-72)40-64(70)62-38-46-20-4-6-22-50(46)56-28-12-14-30-58(56)62/h1-40,71-72H,41-42H2. The summed E-state index contributed by atoms with van der Waals surface area (Å²) in [5.74, 6) is 2.68. The van der Waals surface area contributed by atoms with E-state index in [1.54, 1.807) is 0 Å². The van der Waals surface area contributed by atoms with Crippen LogP contribution in [0.25, 0.3) is 120 Å². The zero-order chi connectivity index (χ0) is 49.3. The monoisotopic (exact) mass is 950 g/mol. The van der Waals surface area contributed by atoms with Gasteiger partial charge < -0.3 is 19.7 Å². The van der Waals surface area contributed by atoms with Gasteiger partial charge in [-0.2, -0.15) is 0 Å². The van der Waals surface area contributed by atoms with Crippen molar-refractivity contribution in [1.29, 1.82) is 0 Å². The topological polar surface area (TPSA) is 58.9 Å². The third kappa shape index (κ3) is 6.99. The molecular weight excluding hydrogens is 905 g/mol. The smallest absolute Gasteiger partial charge is 0.143 e. The van der Waals surface area contributed by atoms with Gasteiger partial charge >= 0.3 is 0 Å². The van der Waals surface area contributed by atoms with Crippen LogP contribution in [0.3, 0.4) is 0 Å². The van der Waals surface area contributed by atoms with Gasteiger partial charge in [-0.1, -0.05) is 206 Å². The average Bonchev–Trinajstić information content (AvgIpc) is 3.47. The first kappa shape index (κ1) is 43.5. The van der Waals surface area contributed by atoms with Crippen LogP contribution in [-0.2, 0) is 13.2 Å². The highest BCUT2D eigenvalue weighted by Gasteiger charge is 2.26. The Balaban J connectivity index is 1.05. The predicted molar refractivity (Wildman–Crippen MR) is 308 cm³/mol. The van der Waals surface area contributed by atoms with E-state index in [1.165, 1.54) is 10.8 Å². The summed E-state index contributed by atoms with van der Waals surface area (Å²) in [5, 5.41) is 38.9. The van der Waals surface area contributed by atoms with Gasteiger partial charge in [0.1, 0.15) is 23.0 Å². The summed E-state index contributed by atoms with van der Waals surface area (Å²) < 4.78 is 15.4. The van der Waals surface area contributed by atoms with Crippen molar-refractivity contribution >= 4 is 86.2 Å². The highest BCUT2D eigenvalue weighted by atomic mass is 16.5. The Bertz CT molecular complexity index is 4300. The van der Waals surface area contributed by atoms with Gasteiger partial charge in [0.25, 0.3) is 0 Å². The van der Waals surface area contributed by atoms with Crippen molar-refractivity contribution in [1.82, 2.24) is 0 Å². The van der Waals surface area contributed by atoms with Gasteiger partial charge in [-0.15, -0.1) is 0 Å². The lowest BCUT2D eigenvalue weighted by atomic mass is 9.89. The first-order valence-electron chi connectivity index (χ1n) is 25.2. The first-order chi connectivity index (χ1) is 36.6. The Morgan fingerprint density at radius 2 is 0.554 bits per heavy atom. The molecule has 0 bridgehead atoms. The Hall–Kier alpha value is -9.32. The Labute approximate surface area is 427 Å². The van der Waals surface area contributed by atoms with E-state index in [-0.39, 0.29) is 13.2 Å². The SMILES string of the molecule is OCc1cc(-c2cc3ccccc3c3ccccc23)c(Oc2ccc3ccccc3c2-c2c(Oc3c(-c4cc5ccccc5c5ccccc45)cc(CO)c4ccccc34)ccc3ccccc23)c2ccccc12. The lowest BCUT2D eigenvalue weighted by Gasteiger charge is -2.24. The molecule has 0 unspecified atom stereocenters. The summed E-state index contributed by atoms with van der Waals surface area (Å²) in [5.41, 5.74) is 7.19.